The Morgan fingerprint density at radius 1 is 1.26 bits per heavy atom. The highest BCUT2D eigenvalue weighted by atomic mass is 32.1. The Morgan fingerprint density at radius 2 is 2.07 bits per heavy atom. The van der Waals surface area contributed by atoms with Crippen LogP contribution in [0.2, 0.25) is 0 Å². The number of nitrogens with zero attached hydrogens (tertiary/aromatic N) is 2. The minimum Gasteiger partial charge on any atom is -0.464 e. The molecule has 0 saturated carbocycles. The van der Waals surface area contributed by atoms with Gasteiger partial charge < -0.3 is 9.40 Å². The second kappa shape index (κ2) is 7.13. The van der Waals surface area contributed by atoms with E-state index in [0.29, 0.717) is 17.0 Å². The average molecular weight is 379 g/mol. The number of aromatic nitrogens is 2. The molecule has 6 heteroatoms. The summed E-state index contributed by atoms with van der Waals surface area (Å²) in [5.74, 6) is 1.36. The lowest BCUT2D eigenvalue weighted by Gasteiger charge is -2.24. The van der Waals surface area contributed by atoms with Gasteiger partial charge in [0.05, 0.1) is 17.7 Å². The van der Waals surface area contributed by atoms with E-state index in [1.54, 1.807) is 6.26 Å². The van der Waals surface area contributed by atoms with Crippen molar-refractivity contribution in [3.8, 4) is 11.3 Å². The van der Waals surface area contributed by atoms with Gasteiger partial charge in [0.2, 0.25) is 0 Å². The second-order valence-electron chi connectivity index (χ2n) is 6.78. The first-order valence-electron chi connectivity index (χ1n) is 8.84. The Labute approximate surface area is 161 Å². The third-order valence-corrected chi connectivity index (χ3v) is 5.86. The Kier molecular flexibility index (Phi) is 4.68. The lowest BCUT2D eigenvalue weighted by atomic mass is 10.1. The molecular weight excluding hydrogens is 358 g/mol. The number of hydrogen-bond acceptors (Lipinski definition) is 5. The number of nitrogens with one attached hydrogen (secondary N) is 1. The SMILES string of the molecule is Cc1ccccc1CN(C)C(C)c1nc2scc(-c3ccco3)c2c(=O)[nH]1. The average Bonchev–Trinajstić information content (AvgIpc) is 3.32. The van der Waals surface area contributed by atoms with E-state index in [9.17, 15) is 4.79 Å². The first kappa shape index (κ1) is 17.7. The minimum absolute atomic E-state index is 0.0177. The fraction of sp³-hybridized carbons (Fsp3) is 0.238. The lowest BCUT2D eigenvalue weighted by Crippen LogP contribution is -2.26. The Morgan fingerprint density at radius 3 is 2.81 bits per heavy atom. The van der Waals surface area contributed by atoms with Gasteiger partial charge in [-0.15, -0.1) is 11.3 Å². The smallest absolute Gasteiger partial charge is 0.260 e. The molecule has 4 rings (SSSR count). The van der Waals surface area contributed by atoms with Gasteiger partial charge in [-0.05, 0) is 44.2 Å². The van der Waals surface area contributed by atoms with Crippen LogP contribution in [0.5, 0.6) is 0 Å². The quantitative estimate of drug-likeness (QED) is 0.544. The van der Waals surface area contributed by atoms with E-state index < -0.39 is 0 Å². The van der Waals surface area contributed by atoms with Crippen molar-refractivity contribution in [2.24, 2.45) is 0 Å². The highest BCUT2D eigenvalue weighted by molar-refractivity contribution is 7.17. The summed E-state index contributed by atoms with van der Waals surface area (Å²) in [7, 11) is 2.05. The molecule has 0 bridgehead atoms. The van der Waals surface area contributed by atoms with E-state index >= 15 is 0 Å². The highest BCUT2D eigenvalue weighted by Crippen LogP contribution is 2.31. The van der Waals surface area contributed by atoms with E-state index in [0.717, 1.165) is 16.9 Å². The molecule has 3 heterocycles. The molecule has 5 nitrogen and oxygen atoms in total. The molecule has 27 heavy (non-hydrogen) atoms. The zero-order chi connectivity index (χ0) is 19.0. The largest absolute Gasteiger partial charge is 0.464 e. The fourth-order valence-corrected chi connectivity index (χ4v) is 4.11. The standard InChI is InChI=1S/C21H21N3O2S/c1-13-7-4-5-8-15(13)11-24(3)14(2)19-22-20(25)18-16(12-27-21(18)23-19)17-9-6-10-26-17/h4-10,12,14H,11H2,1-3H3,(H,22,23,25). The van der Waals surface area contributed by atoms with Crippen molar-refractivity contribution in [2.75, 3.05) is 7.05 Å². The van der Waals surface area contributed by atoms with E-state index in [2.05, 4.69) is 41.9 Å². The zero-order valence-electron chi connectivity index (χ0n) is 15.5. The van der Waals surface area contributed by atoms with Crippen molar-refractivity contribution in [1.82, 2.24) is 14.9 Å². The van der Waals surface area contributed by atoms with E-state index in [1.807, 2.05) is 30.6 Å². The normalized spacial score (nSPS) is 12.7. The summed E-state index contributed by atoms with van der Waals surface area (Å²) >= 11 is 1.47. The molecule has 1 aromatic carbocycles. The van der Waals surface area contributed by atoms with Crippen LogP contribution in [0.1, 0.15) is 29.9 Å². The van der Waals surface area contributed by atoms with Crippen LogP contribution in [0, 0.1) is 6.92 Å². The summed E-state index contributed by atoms with van der Waals surface area (Å²) in [6.07, 6.45) is 1.61. The first-order chi connectivity index (χ1) is 13.0. The molecule has 0 spiro atoms. The fourth-order valence-electron chi connectivity index (χ4n) is 3.18. The topological polar surface area (TPSA) is 62.1 Å². The minimum atomic E-state index is -0.126. The van der Waals surface area contributed by atoms with Crippen molar-refractivity contribution >= 4 is 21.6 Å². The van der Waals surface area contributed by atoms with Crippen LogP contribution in [-0.2, 0) is 6.54 Å². The molecule has 138 valence electrons. The predicted molar refractivity (Wildman–Crippen MR) is 109 cm³/mol. The summed E-state index contributed by atoms with van der Waals surface area (Å²) < 4.78 is 5.45. The number of rotatable bonds is 5. The van der Waals surface area contributed by atoms with Gasteiger partial charge in [-0.1, -0.05) is 24.3 Å². The van der Waals surface area contributed by atoms with Crippen LogP contribution in [0.3, 0.4) is 0 Å². The molecule has 1 N–H and O–H groups in total. The number of aryl methyl sites for hydroxylation is 1. The van der Waals surface area contributed by atoms with Gasteiger partial charge in [-0.25, -0.2) is 4.98 Å². The van der Waals surface area contributed by atoms with Gasteiger partial charge in [0, 0.05) is 17.5 Å². The number of furan rings is 1. The van der Waals surface area contributed by atoms with Crippen LogP contribution < -0.4 is 5.56 Å². The van der Waals surface area contributed by atoms with E-state index in [4.69, 9.17) is 9.40 Å². The van der Waals surface area contributed by atoms with Crippen LogP contribution in [0.4, 0.5) is 0 Å². The van der Waals surface area contributed by atoms with Gasteiger partial charge in [0.15, 0.2) is 0 Å². The summed E-state index contributed by atoms with van der Waals surface area (Å²) in [5.41, 5.74) is 3.20. The number of thiophene rings is 1. The maximum absolute atomic E-state index is 12.8. The van der Waals surface area contributed by atoms with Gasteiger partial charge in [-0.2, -0.15) is 0 Å². The zero-order valence-corrected chi connectivity index (χ0v) is 16.3. The molecule has 0 aliphatic heterocycles. The van der Waals surface area contributed by atoms with Crippen molar-refractivity contribution < 1.29 is 4.42 Å². The molecule has 1 atom stereocenters. The molecule has 0 saturated heterocycles. The van der Waals surface area contributed by atoms with Crippen LogP contribution >= 0.6 is 11.3 Å². The van der Waals surface area contributed by atoms with Gasteiger partial charge >= 0.3 is 0 Å². The third-order valence-electron chi connectivity index (χ3n) is 4.99. The van der Waals surface area contributed by atoms with Crippen molar-refractivity contribution in [3.63, 3.8) is 0 Å². The molecule has 3 aromatic heterocycles. The molecule has 0 aliphatic rings. The van der Waals surface area contributed by atoms with Crippen molar-refractivity contribution in [2.45, 2.75) is 26.4 Å². The molecule has 0 fully saturated rings. The first-order valence-corrected chi connectivity index (χ1v) is 9.72. The third kappa shape index (κ3) is 3.34. The van der Waals surface area contributed by atoms with Gasteiger partial charge in [0.25, 0.3) is 5.56 Å². The van der Waals surface area contributed by atoms with Crippen LogP contribution in [-0.4, -0.2) is 21.9 Å². The lowest BCUT2D eigenvalue weighted by molar-refractivity contribution is 0.243. The highest BCUT2D eigenvalue weighted by Gasteiger charge is 2.19. The van der Waals surface area contributed by atoms with Crippen LogP contribution in [0.25, 0.3) is 21.5 Å². The number of hydrogen-bond donors (Lipinski definition) is 1. The van der Waals surface area contributed by atoms with Crippen LogP contribution in [0.15, 0.2) is 57.3 Å². The van der Waals surface area contributed by atoms with Gasteiger partial charge in [-0.3, -0.25) is 9.69 Å². The number of benzene rings is 1. The second-order valence-corrected chi connectivity index (χ2v) is 7.63. The van der Waals surface area contributed by atoms with E-state index in [-0.39, 0.29) is 11.6 Å². The summed E-state index contributed by atoms with van der Waals surface area (Å²) in [4.78, 5) is 23.4. The maximum atomic E-state index is 12.8. The Balaban J connectivity index is 1.66. The van der Waals surface area contributed by atoms with Crippen molar-refractivity contribution in [1.29, 1.82) is 0 Å². The van der Waals surface area contributed by atoms with Crippen molar-refractivity contribution in [3.05, 3.63) is 75.3 Å². The molecule has 4 aromatic rings. The van der Waals surface area contributed by atoms with E-state index in [1.165, 1.54) is 22.5 Å². The number of aromatic amines is 1. The summed E-state index contributed by atoms with van der Waals surface area (Å²) in [6.45, 7) is 4.96. The Hall–Kier alpha value is -2.70. The molecule has 0 aliphatic carbocycles. The molecular formula is C21H21N3O2S. The van der Waals surface area contributed by atoms with Gasteiger partial charge in [0.1, 0.15) is 16.4 Å². The monoisotopic (exact) mass is 379 g/mol. The summed E-state index contributed by atoms with van der Waals surface area (Å²) in [5, 5.41) is 2.52. The molecule has 1 unspecified atom stereocenters. The molecule has 0 radical (unpaired) electrons. The number of H-pyrrole nitrogens is 1. The maximum Gasteiger partial charge on any atom is 0.260 e. The predicted octanol–water partition coefficient (Wildman–Crippen LogP) is 4.75. The Bertz CT molecular complexity index is 1130. The number of fused-ring (bicyclic) bond motifs is 1. The summed E-state index contributed by atoms with van der Waals surface area (Å²) in [6, 6.07) is 12.0. The molecule has 0 amide bonds.